The predicted octanol–water partition coefficient (Wildman–Crippen LogP) is 9.63. The zero-order valence-corrected chi connectivity index (χ0v) is 37.2. The van der Waals surface area contributed by atoms with E-state index in [0.29, 0.717) is 13.0 Å². The van der Waals surface area contributed by atoms with Crippen molar-refractivity contribution in [2.75, 3.05) is 26.4 Å². The van der Waals surface area contributed by atoms with E-state index in [1.165, 1.54) is 109 Å². The van der Waals surface area contributed by atoms with E-state index in [-0.39, 0.29) is 19.6 Å². The Labute approximate surface area is 352 Å². The van der Waals surface area contributed by atoms with Gasteiger partial charge in [0, 0.05) is 13.0 Å². The summed E-state index contributed by atoms with van der Waals surface area (Å²) in [5.74, 6) is -0.410. The van der Waals surface area contributed by atoms with Crippen molar-refractivity contribution < 1.29 is 56.2 Å². The molecule has 0 aromatic carbocycles. The highest BCUT2D eigenvalue weighted by atomic mass is 32.3. The third-order valence-corrected chi connectivity index (χ3v) is 11.0. The standard InChI is InChI=1S/C45H84O12S/c1-3-5-7-9-11-13-15-17-19-20-22-24-26-28-30-32-34-41(47)55-39(38-54-45-43(49)44(57-58(50,51)52)42(48)40(36-46)56-45)37-53-35-33-31-29-27-25-23-21-18-16-14-12-10-8-6-4-2/h13,15,19-20,39-40,42-46,48-49H,3-12,14,16-18,21-38H2,1-2H3,(H,50,51,52)/b15-13-,20-19-. The molecule has 12 nitrogen and oxygen atoms in total. The quantitative estimate of drug-likeness (QED) is 0.0199. The maximum Gasteiger partial charge on any atom is 0.397 e. The van der Waals surface area contributed by atoms with Gasteiger partial charge >= 0.3 is 16.4 Å². The van der Waals surface area contributed by atoms with Crippen LogP contribution < -0.4 is 0 Å². The second kappa shape index (κ2) is 37.4. The van der Waals surface area contributed by atoms with E-state index in [1.54, 1.807) is 0 Å². The Morgan fingerprint density at radius 3 is 1.66 bits per heavy atom. The van der Waals surface area contributed by atoms with Gasteiger partial charge in [-0.05, 0) is 44.9 Å². The lowest BCUT2D eigenvalue weighted by Crippen LogP contribution is -2.60. The van der Waals surface area contributed by atoms with Gasteiger partial charge in [-0.3, -0.25) is 9.35 Å². The molecule has 0 saturated carbocycles. The fourth-order valence-electron chi connectivity index (χ4n) is 7.06. The summed E-state index contributed by atoms with van der Waals surface area (Å²) in [6.45, 7) is 3.97. The van der Waals surface area contributed by atoms with Gasteiger partial charge in [0.25, 0.3) is 0 Å². The summed E-state index contributed by atoms with van der Waals surface area (Å²) in [7, 11) is -5.06. The first-order chi connectivity index (χ1) is 28.1. The molecule has 58 heavy (non-hydrogen) atoms. The Morgan fingerprint density at radius 2 is 1.14 bits per heavy atom. The Morgan fingerprint density at radius 1 is 0.655 bits per heavy atom. The van der Waals surface area contributed by atoms with Crippen LogP contribution in [0.25, 0.3) is 0 Å². The van der Waals surface area contributed by atoms with Crippen LogP contribution in [-0.2, 0) is 38.3 Å². The van der Waals surface area contributed by atoms with Crippen LogP contribution in [0.15, 0.2) is 24.3 Å². The zero-order valence-electron chi connectivity index (χ0n) is 36.4. The van der Waals surface area contributed by atoms with Crippen LogP contribution in [0, 0.1) is 0 Å². The minimum atomic E-state index is -5.06. The molecule has 6 atom stereocenters. The van der Waals surface area contributed by atoms with E-state index in [2.05, 4.69) is 42.3 Å². The van der Waals surface area contributed by atoms with Gasteiger partial charge < -0.3 is 34.3 Å². The summed E-state index contributed by atoms with van der Waals surface area (Å²) in [4.78, 5) is 12.8. The first-order valence-corrected chi connectivity index (χ1v) is 24.5. The number of rotatable bonds is 40. The van der Waals surface area contributed by atoms with Gasteiger partial charge in [0.15, 0.2) is 6.29 Å². The number of carbonyl (C=O) groups excluding carboxylic acids is 1. The van der Waals surface area contributed by atoms with Crippen LogP contribution in [0.2, 0.25) is 0 Å². The van der Waals surface area contributed by atoms with E-state index in [1.807, 2.05) is 0 Å². The van der Waals surface area contributed by atoms with E-state index >= 15 is 0 Å². The number of esters is 1. The van der Waals surface area contributed by atoms with Crippen LogP contribution in [0.1, 0.15) is 194 Å². The number of unbranched alkanes of at least 4 members (excludes halogenated alkanes) is 23. The van der Waals surface area contributed by atoms with Crippen molar-refractivity contribution >= 4 is 16.4 Å². The maximum atomic E-state index is 12.8. The van der Waals surface area contributed by atoms with Gasteiger partial charge in [-0.1, -0.05) is 167 Å². The Bertz CT molecular complexity index is 1120. The van der Waals surface area contributed by atoms with E-state index < -0.39 is 59.8 Å². The highest BCUT2D eigenvalue weighted by molar-refractivity contribution is 7.80. The first kappa shape index (κ1) is 54.6. The SMILES string of the molecule is CCCCCC/C=C\C/C=C\CCCCCCCC(=O)OC(COCCCCCCCCCCCCCCCCC)COC1OC(CO)C(O)C(OS(=O)(=O)O)C1O. The van der Waals surface area contributed by atoms with Gasteiger partial charge in [-0.2, -0.15) is 8.42 Å². The van der Waals surface area contributed by atoms with Crippen molar-refractivity contribution in [1.29, 1.82) is 0 Å². The van der Waals surface area contributed by atoms with Gasteiger partial charge in [0.1, 0.15) is 30.5 Å². The fraction of sp³-hybridized carbons (Fsp3) is 0.889. The predicted molar refractivity (Wildman–Crippen MR) is 230 cm³/mol. The van der Waals surface area contributed by atoms with Crippen molar-refractivity contribution in [2.24, 2.45) is 0 Å². The topological polar surface area (TPSA) is 178 Å². The molecule has 0 aromatic heterocycles. The van der Waals surface area contributed by atoms with E-state index in [9.17, 15) is 28.5 Å². The van der Waals surface area contributed by atoms with Crippen LogP contribution >= 0.6 is 0 Å². The Hall–Kier alpha value is -1.42. The highest BCUT2D eigenvalue weighted by Gasteiger charge is 2.48. The number of ether oxygens (including phenoxy) is 4. The van der Waals surface area contributed by atoms with Crippen LogP contribution in [-0.4, -0.2) is 97.5 Å². The smallest absolute Gasteiger partial charge is 0.397 e. The number of allylic oxidation sites excluding steroid dienone is 4. The molecule has 1 heterocycles. The van der Waals surface area contributed by atoms with E-state index in [0.717, 1.165) is 57.8 Å². The average Bonchev–Trinajstić information content (AvgIpc) is 3.19. The van der Waals surface area contributed by atoms with Crippen molar-refractivity contribution in [3.63, 3.8) is 0 Å². The van der Waals surface area contributed by atoms with Crippen LogP contribution in [0.3, 0.4) is 0 Å². The molecule has 1 rings (SSSR count). The average molecular weight is 849 g/mol. The lowest BCUT2D eigenvalue weighted by Gasteiger charge is -2.41. The molecule has 342 valence electrons. The number of carbonyl (C=O) groups is 1. The van der Waals surface area contributed by atoms with Crippen molar-refractivity contribution in [3.05, 3.63) is 24.3 Å². The molecule has 0 radical (unpaired) electrons. The minimum Gasteiger partial charge on any atom is -0.457 e. The second-order valence-electron chi connectivity index (χ2n) is 16.0. The number of hydrogen-bond acceptors (Lipinski definition) is 11. The number of aliphatic hydroxyl groups excluding tert-OH is 3. The highest BCUT2D eigenvalue weighted by Crippen LogP contribution is 2.26. The summed E-state index contributed by atoms with van der Waals surface area (Å²) in [6.07, 6.45) is 32.0. The monoisotopic (exact) mass is 849 g/mol. The summed E-state index contributed by atoms with van der Waals surface area (Å²) in [5, 5.41) is 30.7. The van der Waals surface area contributed by atoms with Gasteiger partial charge in [-0.25, -0.2) is 4.18 Å². The third-order valence-electron chi connectivity index (χ3n) is 10.6. The normalized spacial score (nSPS) is 20.7. The molecule has 0 aromatic rings. The van der Waals surface area contributed by atoms with Crippen molar-refractivity contribution in [2.45, 2.75) is 230 Å². The molecule has 0 bridgehead atoms. The first-order valence-electron chi connectivity index (χ1n) is 23.1. The molecule has 1 saturated heterocycles. The van der Waals surface area contributed by atoms with Crippen molar-refractivity contribution in [1.82, 2.24) is 0 Å². The molecule has 1 aliphatic heterocycles. The van der Waals surface area contributed by atoms with Gasteiger partial charge in [0.2, 0.25) is 0 Å². The number of hydrogen-bond donors (Lipinski definition) is 4. The maximum absolute atomic E-state index is 12.8. The summed E-state index contributed by atoms with van der Waals surface area (Å²) >= 11 is 0. The lowest BCUT2D eigenvalue weighted by atomic mass is 9.99. The largest absolute Gasteiger partial charge is 0.457 e. The number of aliphatic hydroxyl groups is 3. The molecule has 13 heteroatoms. The molecule has 1 aliphatic rings. The summed E-state index contributed by atoms with van der Waals surface area (Å²) < 4.78 is 59.0. The molecule has 0 spiro atoms. The van der Waals surface area contributed by atoms with Gasteiger partial charge in [0.05, 0.1) is 19.8 Å². The molecule has 0 amide bonds. The van der Waals surface area contributed by atoms with Gasteiger partial charge in [-0.15, -0.1) is 0 Å². The molecule has 4 N–H and O–H groups in total. The molecule has 0 aliphatic carbocycles. The Kier molecular flexibility index (Phi) is 35.2. The van der Waals surface area contributed by atoms with Crippen molar-refractivity contribution in [3.8, 4) is 0 Å². The summed E-state index contributed by atoms with van der Waals surface area (Å²) in [6, 6.07) is 0. The summed E-state index contributed by atoms with van der Waals surface area (Å²) in [5.41, 5.74) is 0. The third kappa shape index (κ3) is 30.6. The minimum absolute atomic E-state index is 0.0342. The molecule has 6 unspecified atom stereocenters. The Balaban J connectivity index is 2.43. The fourth-order valence-corrected chi connectivity index (χ4v) is 7.56. The molecular formula is C45H84O12S. The lowest BCUT2D eigenvalue weighted by molar-refractivity contribution is -0.301. The molecule has 1 fully saturated rings. The van der Waals surface area contributed by atoms with Crippen LogP contribution in [0.5, 0.6) is 0 Å². The van der Waals surface area contributed by atoms with Crippen LogP contribution in [0.4, 0.5) is 0 Å². The van der Waals surface area contributed by atoms with E-state index in [4.69, 9.17) is 23.5 Å². The molecular weight excluding hydrogens is 765 g/mol. The zero-order chi connectivity index (χ0) is 42.5. The second-order valence-corrected chi connectivity index (χ2v) is 17.0.